The second-order valence-corrected chi connectivity index (χ2v) is 9.59. The molecule has 3 aliphatic rings. The number of aromatic hydroxyl groups is 1. The number of benzene rings is 1. The maximum atomic E-state index is 13.8. The Hall–Kier alpha value is -3.21. The third-order valence-electron chi connectivity index (χ3n) is 7.25. The van der Waals surface area contributed by atoms with E-state index in [1.165, 1.54) is 25.1 Å². The van der Waals surface area contributed by atoms with Crippen LogP contribution in [0.3, 0.4) is 0 Å². The summed E-state index contributed by atoms with van der Waals surface area (Å²) < 4.78 is 0. The van der Waals surface area contributed by atoms with Gasteiger partial charge in [-0.05, 0) is 45.1 Å². The van der Waals surface area contributed by atoms with E-state index < -0.39 is 64.0 Å². The van der Waals surface area contributed by atoms with Crippen molar-refractivity contribution in [2.45, 2.75) is 31.1 Å². The number of fused-ring (bicyclic) bond motifs is 3. The summed E-state index contributed by atoms with van der Waals surface area (Å²) in [6, 6.07) is 1.71. The zero-order valence-corrected chi connectivity index (χ0v) is 19.5. The second-order valence-electron chi connectivity index (χ2n) is 9.59. The first-order chi connectivity index (χ1) is 15.8. The predicted octanol–water partition coefficient (Wildman–Crippen LogP) is 0.105. The van der Waals surface area contributed by atoms with Gasteiger partial charge in [-0.15, -0.1) is 0 Å². The van der Waals surface area contributed by atoms with Crippen LogP contribution in [0.25, 0.3) is 5.76 Å². The van der Waals surface area contributed by atoms with E-state index >= 15 is 0 Å². The van der Waals surface area contributed by atoms with E-state index in [0.717, 1.165) is 6.92 Å². The SMILES string of the molecule is CC(=O)C1=C(O)[C@@]2(O)C(=O)C3=C(O)c4c(O)ccc(N(C)C)c4C[C@H]3[C@H](O)[C@H]2[C@H](N(C)C)C1=O. The molecule has 1 aromatic carbocycles. The minimum Gasteiger partial charge on any atom is -0.508 e. The number of carbonyl (C=O) groups is 3. The molecule has 5 N–H and O–H groups in total. The standard InChI is InChI=1S/C24H28N2O8/c1-9(27)14-21(31)18(26(4)5)17-19(29)11-8-10-12(25(2)3)6-7-13(28)15(10)20(30)16(11)23(33)24(17,34)22(14)32/h6-7,11,17-19,28-30,32,34H,8H2,1-5H3/t11-,17-,18+,19+,24-/m1/s1. The van der Waals surface area contributed by atoms with Crippen molar-refractivity contribution in [1.29, 1.82) is 0 Å². The number of phenolic OH excluding ortho intramolecular Hbond substituents is 1. The number of carbonyl (C=O) groups excluding carboxylic acids is 3. The number of phenols is 1. The van der Waals surface area contributed by atoms with Gasteiger partial charge in [-0.2, -0.15) is 0 Å². The monoisotopic (exact) mass is 472 g/mol. The Kier molecular flexibility index (Phi) is 5.39. The van der Waals surface area contributed by atoms with Crippen LogP contribution in [0.2, 0.25) is 0 Å². The largest absolute Gasteiger partial charge is 0.508 e. The first kappa shape index (κ1) is 23.9. The highest BCUT2D eigenvalue weighted by atomic mass is 16.4. The summed E-state index contributed by atoms with van der Waals surface area (Å²) in [5.74, 6) is -7.37. The summed E-state index contributed by atoms with van der Waals surface area (Å²) in [7, 11) is 6.53. The van der Waals surface area contributed by atoms with E-state index in [2.05, 4.69) is 0 Å². The number of Topliss-reactive ketones (excluding diaryl/α,β-unsaturated/α-hetero) is 3. The number of nitrogens with zero attached hydrogens (tertiary/aromatic N) is 2. The van der Waals surface area contributed by atoms with Crippen molar-refractivity contribution in [3.05, 3.63) is 40.2 Å². The van der Waals surface area contributed by atoms with E-state index in [1.54, 1.807) is 25.1 Å². The van der Waals surface area contributed by atoms with E-state index in [4.69, 9.17) is 0 Å². The maximum Gasteiger partial charge on any atom is 0.202 e. The van der Waals surface area contributed by atoms with Gasteiger partial charge in [0.15, 0.2) is 17.2 Å². The molecule has 0 saturated heterocycles. The first-order valence-electron chi connectivity index (χ1n) is 10.8. The van der Waals surface area contributed by atoms with Crippen LogP contribution in [-0.2, 0) is 20.8 Å². The number of rotatable bonds is 3. The summed E-state index contributed by atoms with van der Waals surface area (Å²) in [6.45, 7) is 1.03. The van der Waals surface area contributed by atoms with Crippen molar-refractivity contribution in [2.24, 2.45) is 11.8 Å². The van der Waals surface area contributed by atoms with Crippen LogP contribution in [-0.4, -0.2) is 93.7 Å². The fourth-order valence-electron chi connectivity index (χ4n) is 5.76. The minimum atomic E-state index is -2.82. The molecule has 0 aromatic heterocycles. The molecule has 0 amide bonds. The van der Waals surface area contributed by atoms with Crippen LogP contribution >= 0.6 is 0 Å². The molecule has 3 aliphatic carbocycles. The molecule has 10 heteroatoms. The molecule has 1 saturated carbocycles. The molecule has 34 heavy (non-hydrogen) atoms. The molecule has 5 atom stereocenters. The second kappa shape index (κ2) is 7.66. The third-order valence-corrected chi connectivity index (χ3v) is 7.25. The predicted molar refractivity (Wildman–Crippen MR) is 121 cm³/mol. The molecule has 0 bridgehead atoms. The van der Waals surface area contributed by atoms with E-state index in [-0.39, 0.29) is 23.3 Å². The molecule has 4 rings (SSSR count). The Bertz CT molecular complexity index is 1200. The lowest BCUT2D eigenvalue weighted by Crippen LogP contribution is -2.70. The van der Waals surface area contributed by atoms with Crippen molar-refractivity contribution in [3.63, 3.8) is 0 Å². The minimum absolute atomic E-state index is 0.00800. The Balaban J connectivity index is 2.04. The fourth-order valence-corrected chi connectivity index (χ4v) is 5.76. The summed E-state index contributed by atoms with van der Waals surface area (Å²) in [5, 5.41) is 55.6. The molecule has 0 spiro atoms. The molecular weight excluding hydrogens is 444 g/mol. The number of likely N-dealkylation sites (N-methyl/N-ethyl adjacent to an activating group) is 1. The van der Waals surface area contributed by atoms with Crippen molar-refractivity contribution >= 4 is 28.8 Å². The van der Waals surface area contributed by atoms with Gasteiger partial charge >= 0.3 is 0 Å². The Morgan fingerprint density at radius 2 is 1.71 bits per heavy atom. The number of hydrogen-bond donors (Lipinski definition) is 5. The van der Waals surface area contributed by atoms with Crippen LogP contribution in [0, 0.1) is 11.8 Å². The smallest absolute Gasteiger partial charge is 0.202 e. The number of aliphatic hydroxyl groups excluding tert-OH is 3. The third kappa shape index (κ3) is 2.88. The van der Waals surface area contributed by atoms with E-state index in [0.29, 0.717) is 11.3 Å². The molecule has 0 heterocycles. The highest BCUT2D eigenvalue weighted by Crippen LogP contribution is 2.53. The highest BCUT2D eigenvalue weighted by molar-refractivity contribution is 6.25. The molecule has 0 radical (unpaired) electrons. The van der Waals surface area contributed by atoms with E-state index in [9.17, 15) is 39.9 Å². The molecule has 1 aromatic rings. The van der Waals surface area contributed by atoms with Gasteiger partial charge in [-0.25, -0.2) is 0 Å². The lowest BCUT2D eigenvalue weighted by molar-refractivity contribution is -0.168. The average molecular weight is 472 g/mol. The van der Waals surface area contributed by atoms with Gasteiger partial charge in [0, 0.05) is 31.3 Å². The van der Waals surface area contributed by atoms with Gasteiger partial charge in [0.25, 0.3) is 0 Å². The summed E-state index contributed by atoms with van der Waals surface area (Å²) in [5.41, 5.74) is -2.79. The van der Waals surface area contributed by atoms with Gasteiger partial charge in [0.05, 0.1) is 23.6 Å². The zero-order valence-electron chi connectivity index (χ0n) is 19.5. The highest BCUT2D eigenvalue weighted by Gasteiger charge is 2.67. The first-order valence-corrected chi connectivity index (χ1v) is 10.8. The summed E-state index contributed by atoms with van der Waals surface area (Å²) in [6.07, 6.45) is -1.54. The van der Waals surface area contributed by atoms with Crippen LogP contribution in [0.4, 0.5) is 5.69 Å². The number of aliphatic hydroxyl groups is 4. The van der Waals surface area contributed by atoms with Crippen LogP contribution < -0.4 is 4.90 Å². The number of hydrogen-bond acceptors (Lipinski definition) is 10. The Morgan fingerprint density at radius 3 is 2.24 bits per heavy atom. The van der Waals surface area contributed by atoms with Gasteiger partial charge in [-0.3, -0.25) is 19.3 Å². The van der Waals surface area contributed by atoms with Gasteiger partial charge in [0.2, 0.25) is 5.78 Å². The van der Waals surface area contributed by atoms with Crippen LogP contribution in [0.1, 0.15) is 18.1 Å². The average Bonchev–Trinajstić information content (AvgIpc) is 2.73. The molecule has 0 unspecified atom stereocenters. The molecule has 1 fully saturated rings. The van der Waals surface area contributed by atoms with Crippen LogP contribution in [0.5, 0.6) is 5.75 Å². The maximum absolute atomic E-state index is 13.8. The van der Waals surface area contributed by atoms with Gasteiger partial charge < -0.3 is 30.4 Å². The normalized spacial score (nSPS) is 30.8. The summed E-state index contributed by atoms with van der Waals surface area (Å²) in [4.78, 5) is 42.3. The number of ketones is 3. The topological polar surface area (TPSA) is 159 Å². The van der Waals surface area contributed by atoms with E-state index in [1.807, 2.05) is 0 Å². The van der Waals surface area contributed by atoms with Crippen LogP contribution in [0.15, 0.2) is 29.0 Å². The van der Waals surface area contributed by atoms with Crippen molar-refractivity contribution in [1.82, 2.24) is 4.90 Å². The summed E-state index contributed by atoms with van der Waals surface area (Å²) >= 11 is 0. The lowest BCUT2D eigenvalue weighted by atomic mass is 9.56. The number of anilines is 1. The Morgan fingerprint density at radius 1 is 1.09 bits per heavy atom. The molecule has 182 valence electrons. The quantitative estimate of drug-likeness (QED) is 0.382. The van der Waals surface area contributed by atoms with Crippen molar-refractivity contribution < 1.29 is 39.9 Å². The van der Waals surface area contributed by atoms with Crippen molar-refractivity contribution in [3.8, 4) is 5.75 Å². The molecule has 0 aliphatic heterocycles. The van der Waals surface area contributed by atoms with Gasteiger partial charge in [-0.1, -0.05) is 0 Å². The zero-order chi connectivity index (χ0) is 25.4. The van der Waals surface area contributed by atoms with Gasteiger partial charge in [0.1, 0.15) is 22.8 Å². The molecular formula is C24H28N2O8. The van der Waals surface area contributed by atoms with Crippen molar-refractivity contribution in [2.75, 3.05) is 33.1 Å². The molecule has 10 nitrogen and oxygen atoms in total. The fraction of sp³-hybridized carbons (Fsp3) is 0.458. The lowest BCUT2D eigenvalue weighted by Gasteiger charge is -2.52. The Labute approximate surface area is 196 Å².